The van der Waals surface area contributed by atoms with E-state index in [9.17, 15) is 0 Å². The zero-order chi connectivity index (χ0) is 16.2. The zero-order valence-electron chi connectivity index (χ0n) is 14.1. The van der Waals surface area contributed by atoms with E-state index in [4.69, 9.17) is 4.52 Å². The van der Waals surface area contributed by atoms with Gasteiger partial charge in [0.15, 0.2) is 5.82 Å². The second-order valence-corrected chi connectivity index (χ2v) is 6.69. The summed E-state index contributed by atoms with van der Waals surface area (Å²) in [5, 5.41) is 7.46. The van der Waals surface area contributed by atoms with Crippen LogP contribution in [0, 0.1) is 5.92 Å². The number of hydrogen-bond donors (Lipinski definition) is 1. The SMILES string of the molecule is CC(C)c1noc(-c2ccnc(NCC3CCCN(C)C3)c2)n1. The lowest BCUT2D eigenvalue weighted by atomic mass is 9.98. The zero-order valence-corrected chi connectivity index (χ0v) is 14.1. The van der Waals surface area contributed by atoms with E-state index in [1.165, 1.54) is 19.4 Å². The molecule has 0 aliphatic carbocycles. The van der Waals surface area contributed by atoms with Crippen LogP contribution < -0.4 is 5.32 Å². The van der Waals surface area contributed by atoms with Gasteiger partial charge in [0.25, 0.3) is 5.89 Å². The molecule has 124 valence electrons. The molecule has 6 nitrogen and oxygen atoms in total. The molecule has 0 aromatic carbocycles. The molecule has 0 amide bonds. The van der Waals surface area contributed by atoms with Gasteiger partial charge in [0.2, 0.25) is 0 Å². The smallest absolute Gasteiger partial charge is 0.258 e. The van der Waals surface area contributed by atoms with Gasteiger partial charge in [-0.05, 0) is 44.5 Å². The van der Waals surface area contributed by atoms with Crippen LogP contribution in [0.2, 0.25) is 0 Å². The maximum Gasteiger partial charge on any atom is 0.258 e. The molecule has 3 heterocycles. The number of aromatic nitrogens is 3. The van der Waals surface area contributed by atoms with Gasteiger partial charge in [-0.3, -0.25) is 0 Å². The van der Waals surface area contributed by atoms with Crippen molar-refractivity contribution in [3.8, 4) is 11.5 Å². The summed E-state index contributed by atoms with van der Waals surface area (Å²) in [6.45, 7) is 7.40. The van der Waals surface area contributed by atoms with Gasteiger partial charge in [-0.25, -0.2) is 4.98 Å². The van der Waals surface area contributed by atoms with Gasteiger partial charge in [-0.2, -0.15) is 4.98 Å². The summed E-state index contributed by atoms with van der Waals surface area (Å²) in [6, 6.07) is 3.88. The Bertz CT molecular complexity index is 639. The van der Waals surface area contributed by atoms with Crippen LogP contribution in [0.25, 0.3) is 11.5 Å². The first-order chi connectivity index (χ1) is 11.1. The topological polar surface area (TPSA) is 67.1 Å². The highest BCUT2D eigenvalue weighted by molar-refractivity contribution is 5.57. The Balaban J connectivity index is 1.64. The normalized spacial score (nSPS) is 19.2. The largest absolute Gasteiger partial charge is 0.370 e. The van der Waals surface area contributed by atoms with Crippen molar-refractivity contribution in [1.82, 2.24) is 20.0 Å². The molecule has 23 heavy (non-hydrogen) atoms. The monoisotopic (exact) mass is 315 g/mol. The van der Waals surface area contributed by atoms with Crippen molar-refractivity contribution >= 4 is 5.82 Å². The molecular formula is C17H25N5O. The molecule has 0 spiro atoms. The van der Waals surface area contributed by atoms with Crippen LogP contribution in [0.15, 0.2) is 22.9 Å². The highest BCUT2D eigenvalue weighted by Crippen LogP contribution is 2.22. The van der Waals surface area contributed by atoms with Crippen molar-refractivity contribution in [1.29, 1.82) is 0 Å². The third-order valence-electron chi connectivity index (χ3n) is 4.26. The van der Waals surface area contributed by atoms with E-state index in [0.717, 1.165) is 30.3 Å². The van der Waals surface area contributed by atoms with Gasteiger partial charge < -0.3 is 14.7 Å². The molecule has 1 N–H and O–H groups in total. The van der Waals surface area contributed by atoms with Crippen molar-refractivity contribution in [2.24, 2.45) is 5.92 Å². The lowest BCUT2D eigenvalue weighted by molar-refractivity contribution is 0.217. The number of hydrogen-bond acceptors (Lipinski definition) is 6. The fraction of sp³-hybridized carbons (Fsp3) is 0.588. The van der Waals surface area contributed by atoms with E-state index < -0.39 is 0 Å². The third kappa shape index (κ3) is 4.07. The number of nitrogens with one attached hydrogen (secondary N) is 1. The number of likely N-dealkylation sites (tertiary alicyclic amines) is 1. The molecule has 1 atom stereocenters. The van der Waals surface area contributed by atoms with E-state index in [-0.39, 0.29) is 5.92 Å². The number of piperidine rings is 1. The van der Waals surface area contributed by atoms with Gasteiger partial charge in [-0.1, -0.05) is 19.0 Å². The molecule has 1 unspecified atom stereocenters. The number of pyridine rings is 1. The summed E-state index contributed by atoms with van der Waals surface area (Å²) in [7, 11) is 2.19. The molecule has 3 rings (SSSR count). The quantitative estimate of drug-likeness (QED) is 0.915. The molecular weight excluding hydrogens is 290 g/mol. The van der Waals surface area contributed by atoms with Crippen LogP contribution in [0.5, 0.6) is 0 Å². The van der Waals surface area contributed by atoms with Gasteiger partial charge in [0, 0.05) is 30.8 Å². The standard InChI is InChI=1S/C17H25N5O/c1-12(2)16-20-17(23-21-16)14-6-7-18-15(9-14)19-10-13-5-4-8-22(3)11-13/h6-7,9,12-13H,4-5,8,10-11H2,1-3H3,(H,18,19). The van der Waals surface area contributed by atoms with E-state index in [1.807, 2.05) is 12.1 Å². The fourth-order valence-corrected chi connectivity index (χ4v) is 2.94. The Morgan fingerprint density at radius 3 is 3.04 bits per heavy atom. The van der Waals surface area contributed by atoms with Crippen molar-refractivity contribution in [2.45, 2.75) is 32.6 Å². The minimum absolute atomic E-state index is 0.259. The number of anilines is 1. The van der Waals surface area contributed by atoms with Crippen molar-refractivity contribution in [3.63, 3.8) is 0 Å². The molecule has 6 heteroatoms. The Hall–Kier alpha value is -1.95. The van der Waals surface area contributed by atoms with Crippen molar-refractivity contribution < 1.29 is 4.52 Å². The van der Waals surface area contributed by atoms with Gasteiger partial charge in [0.1, 0.15) is 5.82 Å². The molecule has 2 aromatic rings. The van der Waals surface area contributed by atoms with Crippen LogP contribution in [0.1, 0.15) is 38.4 Å². The number of rotatable bonds is 5. The van der Waals surface area contributed by atoms with Crippen LogP contribution >= 0.6 is 0 Å². The molecule has 2 aromatic heterocycles. The summed E-state index contributed by atoms with van der Waals surface area (Å²) in [6.07, 6.45) is 4.33. The minimum atomic E-state index is 0.259. The Labute approximate surface area is 137 Å². The average molecular weight is 315 g/mol. The molecule has 0 bridgehead atoms. The van der Waals surface area contributed by atoms with Gasteiger partial charge >= 0.3 is 0 Å². The average Bonchev–Trinajstić information content (AvgIpc) is 3.04. The molecule has 1 aliphatic heterocycles. The molecule has 0 saturated carbocycles. The maximum absolute atomic E-state index is 5.35. The highest BCUT2D eigenvalue weighted by atomic mass is 16.5. The summed E-state index contributed by atoms with van der Waals surface area (Å²) in [5.74, 6) is 3.08. The summed E-state index contributed by atoms with van der Waals surface area (Å²) in [5.41, 5.74) is 0.905. The van der Waals surface area contributed by atoms with Crippen molar-refractivity contribution in [2.75, 3.05) is 32.0 Å². The molecule has 1 aliphatic rings. The minimum Gasteiger partial charge on any atom is -0.370 e. The van der Waals surface area contributed by atoms with Crippen LogP contribution in [-0.2, 0) is 0 Å². The third-order valence-corrected chi connectivity index (χ3v) is 4.26. The number of nitrogens with zero attached hydrogens (tertiary/aromatic N) is 4. The van der Waals surface area contributed by atoms with E-state index >= 15 is 0 Å². The lowest BCUT2D eigenvalue weighted by Gasteiger charge is -2.29. The predicted molar refractivity (Wildman–Crippen MR) is 90.3 cm³/mol. The summed E-state index contributed by atoms with van der Waals surface area (Å²) < 4.78 is 5.35. The first-order valence-corrected chi connectivity index (χ1v) is 8.34. The second kappa shape index (κ2) is 7.08. The van der Waals surface area contributed by atoms with Gasteiger partial charge in [0.05, 0.1) is 0 Å². The summed E-state index contributed by atoms with van der Waals surface area (Å²) in [4.78, 5) is 11.2. The van der Waals surface area contributed by atoms with E-state index in [1.54, 1.807) is 6.20 Å². The van der Waals surface area contributed by atoms with Crippen LogP contribution in [0.4, 0.5) is 5.82 Å². The molecule has 1 saturated heterocycles. The molecule has 1 fully saturated rings. The van der Waals surface area contributed by atoms with E-state index in [0.29, 0.717) is 11.8 Å². The Morgan fingerprint density at radius 2 is 2.30 bits per heavy atom. The predicted octanol–water partition coefficient (Wildman–Crippen LogP) is 3.01. The molecule has 0 radical (unpaired) electrons. The first-order valence-electron chi connectivity index (χ1n) is 8.34. The lowest BCUT2D eigenvalue weighted by Crippen LogP contribution is -2.35. The van der Waals surface area contributed by atoms with Gasteiger partial charge in [-0.15, -0.1) is 0 Å². The van der Waals surface area contributed by atoms with E-state index in [2.05, 4.69) is 46.2 Å². The fourth-order valence-electron chi connectivity index (χ4n) is 2.94. The highest BCUT2D eigenvalue weighted by Gasteiger charge is 2.17. The van der Waals surface area contributed by atoms with Crippen LogP contribution in [0.3, 0.4) is 0 Å². The second-order valence-electron chi connectivity index (χ2n) is 6.69. The Kier molecular flexibility index (Phi) is 4.91. The maximum atomic E-state index is 5.35. The Morgan fingerprint density at radius 1 is 1.43 bits per heavy atom. The van der Waals surface area contributed by atoms with Crippen molar-refractivity contribution in [3.05, 3.63) is 24.2 Å². The summed E-state index contributed by atoms with van der Waals surface area (Å²) >= 11 is 0. The van der Waals surface area contributed by atoms with Crippen LogP contribution in [-0.4, -0.2) is 46.7 Å². The first kappa shape index (κ1) is 15.9.